The zero-order chi connectivity index (χ0) is 14.8. The van der Waals surface area contributed by atoms with Crippen LogP contribution in [0, 0.1) is 6.92 Å². The van der Waals surface area contributed by atoms with Crippen molar-refractivity contribution in [1.82, 2.24) is 0 Å². The molecule has 21 heavy (non-hydrogen) atoms. The van der Waals surface area contributed by atoms with Crippen LogP contribution in [-0.4, -0.2) is 12.6 Å². The zero-order valence-electron chi connectivity index (χ0n) is 12.1. The number of carbonyl (C=O) groups is 1. The predicted molar refractivity (Wildman–Crippen MR) is 86.7 cm³/mol. The van der Waals surface area contributed by atoms with Crippen LogP contribution in [0.5, 0.6) is 0 Å². The van der Waals surface area contributed by atoms with Crippen molar-refractivity contribution >= 4 is 23.1 Å². The maximum Gasteiger partial charge on any atom is 0.326 e. The van der Waals surface area contributed by atoms with E-state index in [1.54, 1.807) is 4.90 Å². The molecule has 0 radical (unpaired) electrons. The molecule has 0 saturated heterocycles. The second-order valence-electron chi connectivity index (χ2n) is 5.44. The minimum atomic E-state index is -0.104. The third-order valence-electron chi connectivity index (χ3n) is 3.74. The Balaban J connectivity index is 1.85. The summed E-state index contributed by atoms with van der Waals surface area (Å²) in [5.74, 6) is 0. The van der Waals surface area contributed by atoms with Crippen molar-refractivity contribution in [2.45, 2.75) is 19.8 Å². The molecule has 2 aromatic rings. The number of nitrogens with two attached hydrogens (primary N) is 1. The van der Waals surface area contributed by atoms with Gasteiger partial charge < -0.3 is 11.1 Å². The van der Waals surface area contributed by atoms with Crippen LogP contribution in [0.4, 0.5) is 21.9 Å². The van der Waals surface area contributed by atoms with Crippen LogP contribution in [0.2, 0.25) is 0 Å². The Morgan fingerprint density at radius 1 is 1.24 bits per heavy atom. The van der Waals surface area contributed by atoms with Crippen LogP contribution in [0.15, 0.2) is 42.5 Å². The Kier molecular flexibility index (Phi) is 3.52. The number of fused-ring (bicyclic) bond motifs is 1. The number of nitrogens with one attached hydrogen (secondary N) is 1. The number of amides is 2. The fraction of sp³-hybridized carbons (Fsp3) is 0.235. The maximum atomic E-state index is 12.5. The molecule has 3 N–H and O–H groups in total. The van der Waals surface area contributed by atoms with Gasteiger partial charge in [0, 0.05) is 17.9 Å². The van der Waals surface area contributed by atoms with Crippen molar-refractivity contribution in [2.24, 2.45) is 0 Å². The van der Waals surface area contributed by atoms with Gasteiger partial charge in [0.15, 0.2) is 0 Å². The molecule has 0 aliphatic carbocycles. The number of carbonyl (C=O) groups excluding carboxylic acids is 1. The number of nitrogen functional groups attached to an aromatic ring is 1. The molecule has 4 nitrogen and oxygen atoms in total. The summed E-state index contributed by atoms with van der Waals surface area (Å²) in [5, 5.41) is 2.96. The summed E-state index contributed by atoms with van der Waals surface area (Å²) in [5.41, 5.74) is 10.6. The van der Waals surface area contributed by atoms with E-state index in [9.17, 15) is 4.79 Å². The van der Waals surface area contributed by atoms with E-state index in [4.69, 9.17) is 5.73 Å². The first-order valence-electron chi connectivity index (χ1n) is 7.17. The van der Waals surface area contributed by atoms with Crippen LogP contribution in [0.1, 0.15) is 17.5 Å². The Hall–Kier alpha value is -2.49. The quantitative estimate of drug-likeness (QED) is 0.785. The van der Waals surface area contributed by atoms with Gasteiger partial charge in [-0.3, -0.25) is 4.90 Å². The molecule has 0 aromatic heterocycles. The summed E-state index contributed by atoms with van der Waals surface area (Å²) in [6.07, 6.45) is 1.96. The second-order valence-corrected chi connectivity index (χ2v) is 5.44. The van der Waals surface area contributed by atoms with E-state index in [2.05, 4.69) is 5.32 Å². The summed E-state index contributed by atoms with van der Waals surface area (Å²) < 4.78 is 0. The molecular weight excluding hydrogens is 262 g/mol. The molecule has 2 amide bonds. The van der Waals surface area contributed by atoms with Crippen LogP contribution < -0.4 is 16.0 Å². The van der Waals surface area contributed by atoms with Crippen LogP contribution in [0.3, 0.4) is 0 Å². The van der Waals surface area contributed by atoms with Gasteiger partial charge in [0.1, 0.15) is 0 Å². The number of benzene rings is 2. The summed E-state index contributed by atoms with van der Waals surface area (Å²) in [6, 6.07) is 13.5. The number of nitrogens with zero attached hydrogens (tertiary/aromatic N) is 1. The summed E-state index contributed by atoms with van der Waals surface area (Å²) in [7, 11) is 0. The molecular formula is C17H19N3O. The Morgan fingerprint density at radius 2 is 2.10 bits per heavy atom. The first-order valence-corrected chi connectivity index (χ1v) is 7.17. The summed E-state index contributed by atoms with van der Waals surface area (Å²) >= 11 is 0. The molecule has 0 spiro atoms. The van der Waals surface area contributed by atoms with Crippen molar-refractivity contribution in [2.75, 3.05) is 22.5 Å². The smallest absolute Gasteiger partial charge is 0.326 e. The number of anilines is 3. The number of hydrogen-bond acceptors (Lipinski definition) is 2. The van der Waals surface area contributed by atoms with Crippen LogP contribution in [-0.2, 0) is 6.42 Å². The van der Waals surface area contributed by atoms with Gasteiger partial charge in [-0.05, 0) is 55.2 Å². The van der Waals surface area contributed by atoms with E-state index in [0.717, 1.165) is 29.8 Å². The van der Waals surface area contributed by atoms with Gasteiger partial charge in [-0.2, -0.15) is 0 Å². The first-order chi connectivity index (χ1) is 10.1. The molecule has 2 aromatic carbocycles. The van der Waals surface area contributed by atoms with Gasteiger partial charge in [-0.25, -0.2) is 4.79 Å². The lowest BCUT2D eigenvalue weighted by atomic mass is 10.0. The Labute approximate surface area is 124 Å². The van der Waals surface area contributed by atoms with Gasteiger partial charge in [0.2, 0.25) is 0 Å². The van der Waals surface area contributed by atoms with Gasteiger partial charge in [0.05, 0.1) is 5.69 Å². The molecule has 1 aliphatic heterocycles. The molecule has 0 atom stereocenters. The third-order valence-corrected chi connectivity index (χ3v) is 3.74. The molecule has 0 bridgehead atoms. The van der Waals surface area contributed by atoms with Gasteiger partial charge in [-0.15, -0.1) is 0 Å². The largest absolute Gasteiger partial charge is 0.399 e. The van der Waals surface area contributed by atoms with E-state index in [0.29, 0.717) is 12.2 Å². The third kappa shape index (κ3) is 2.84. The summed E-state index contributed by atoms with van der Waals surface area (Å²) in [6.45, 7) is 2.72. The highest BCUT2D eigenvalue weighted by Gasteiger charge is 2.22. The monoisotopic (exact) mass is 281 g/mol. The van der Waals surface area contributed by atoms with E-state index in [1.165, 1.54) is 5.56 Å². The van der Waals surface area contributed by atoms with Crippen molar-refractivity contribution in [3.8, 4) is 0 Å². The van der Waals surface area contributed by atoms with Crippen molar-refractivity contribution in [3.63, 3.8) is 0 Å². The number of rotatable bonds is 1. The SMILES string of the molecule is Cc1cccc(NC(=O)N2CCCc3ccc(N)cc32)c1. The Bertz CT molecular complexity index is 681. The highest BCUT2D eigenvalue weighted by molar-refractivity contribution is 6.02. The molecule has 108 valence electrons. The zero-order valence-corrected chi connectivity index (χ0v) is 12.1. The van der Waals surface area contributed by atoms with Gasteiger partial charge in [0.25, 0.3) is 0 Å². The lowest BCUT2D eigenvalue weighted by Crippen LogP contribution is -2.38. The molecule has 3 rings (SSSR count). The molecule has 1 aliphatic rings. The Morgan fingerprint density at radius 3 is 2.90 bits per heavy atom. The number of urea groups is 1. The highest BCUT2D eigenvalue weighted by Crippen LogP contribution is 2.29. The number of aryl methyl sites for hydroxylation is 2. The normalized spacial score (nSPS) is 13.7. The topological polar surface area (TPSA) is 58.4 Å². The molecule has 1 heterocycles. The maximum absolute atomic E-state index is 12.5. The lowest BCUT2D eigenvalue weighted by Gasteiger charge is -2.29. The fourth-order valence-electron chi connectivity index (χ4n) is 2.72. The number of hydrogen-bond donors (Lipinski definition) is 2. The second kappa shape index (κ2) is 5.48. The summed E-state index contributed by atoms with van der Waals surface area (Å²) in [4.78, 5) is 14.3. The molecule has 0 saturated carbocycles. The van der Waals surface area contributed by atoms with Gasteiger partial charge >= 0.3 is 6.03 Å². The molecule has 0 fully saturated rings. The minimum Gasteiger partial charge on any atom is -0.399 e. The highest BCUT2D eigenvalue weighted by atomic mass is 16.2. The van der Waals surface area contributed by atoms with E-state index in [-0.39, 0.29) is 6.03 Å². The molecule has 0 unspecified atom stereocenters. The van der Waals surface area contributed by atoms with Gasteiger partial charge in [-0.1, -0.05) is 18.2 Å². The fourth-order valence-corrected chi connectivity index (χ4v) is 2.72. The van der Waals surface area contributed by atoms with Crippen molar-refractivity contribution in [3.05, 3.63) is 53.6 Å². The van der Waals surface area contributed by atoms with Crippen LogP contribution >= 0.6 is 0 Å². The van der Waals surface area contributed by atoms with Crippen molar-refractivity contribution in [1.29, 1.82) is 0 Å². The van der Waals surface area contributed by atoms with E-state index in [1.807, 2.05) is 49.4 Å². The average Bonchev–Trinajstić information content (AvgIpc) is 2.46. The minimum absolute atomic E-state index is 0.104. The van der Waals surface area contributed by atoms with Crippen molar-refractivity contribution < 1.29 is 4.79 Å². The van der Waals surface area contributed by atoms with E-state index < -0.39 is 0 Å². The first kappa shape index (κ1) is 13.5. The molecule has 4 heteroatoms. The van der Waals surface area contributed by atoms with E-state index >= 15 is 0 Å². The lowest BCUT2D eigenvalue weighted by molar-refractivity contribution is 0.256. The van der Waals surface area contributed by atoms with Crippen LogP contribution in [0.25, 0.3) is 0 Å². The predicted octanol–water partition coefficient (Wildman–Crippen LogP) is 3.56. The average molecular weight is 281 g/mol. The standard InChI is InChI=1S/C17H19N3O/c1-12-4-2-6-15(10-12)19-17(21)20-9-3-5-13-7-8-14(18)11-16(13)20/h2,4,6-8,10-11H,3,5,9,18H2,1H3,(H,19,21).